The van der Waals surface area contributed by atoms with E-state index in [4.69, 9.17) is 0 Å². The van der Waals surface area contributed by atoms with Crippen LogP contribution in [0, 0.1) is 11.6 Å². The van der Waals surface area contributed by atoms with Crippen LogP contribution in [-0.4, -0.2) is 41.1 Å². The maximum Gasteiger partial charge on any atom is 0.230 e. The third kappa shape index (κ3) is 4.19. The summed E-state index contributed by atoms with van der Waals surface area (Å²) < 4.78 is 26.2. The van der Waals surface area contributed by atoms with Gasteiger partial charge >= 0.3 is 0 Å². The van der Waals surface area contributed by atoms with Crippen LogP contribution in [0.25, 0.3) is 0 Å². The molecule has 1 N–H and O–H groups in total. The SMILES string of the molecule is O=C(CSc1ccc(F)c(F)c1)N[C@@H]1CC(=O)N([C@H]2C[C@H]2c2ccccc2)C1. The molecular weight excluding hydrogens is 382 g/mol. The molecule has 7 heteroatoms. The first-order valence-corrected chi connectivity index (χ1v) is 10.2. The third-order valence-corrected chi connectivity index (χ3v) is 6.16. The predicted molar refractivity (Wildman–Crippen MR) is 103 cm³/mol. The number of carbonyl (C=O) groups is 2. The number of hydrogen-bond donors (Lipinski definition) is 1. The molecule has 1 saturated carbocycles. The highest BCUT2D eigenvalue weighted by Gasteiger charge is 2.47. The Balaban J connectivity index is 1.26. The molecule has 1 aliphatic carbocycles. The molecule has 28 heavy (non-hydrogen) atoms. The van der Waals surface area contributed by atoms with Crippen LogP contribution in [0.2, 0.25) is 0 Å². The van der Waals surface area contributed by atoms with Gasteiger partial charge in [-0.2, -0.15) is 0 Å². The molecule has 4 rings (SSSR count). The van der Waals surface area contributed by atoms with Crippen molar-refractivity contribution in [2.24, 2.45) is 0 Å². The highest BCUT2D eigenvalue weighted by atomic mass is 32.2. The molecule has 1 heterocycles. The summed E-state index contributed by atoms with van der Waals surface area (Å²) in [6.45, 7) is 0.522. The minimum Gasteiger partial charge on any atom is -0.350 e. The summed E-state index contributed by atoms with van der Waals surface area (Å²) in [5.74, 6) is -1.52. The first-order chi connectivity index (χ1) is 13.5. The van der Waals surface area contributed by atoms with Crippen molar-refractivity contribution in [1.29, 1.82) is 0 Å². The molecule has 1 aliphatic heterocycles. The minimum absolute atomic E-state index is 0.0713. The monoisotopic (exact) mass is 402 g/mol. The van der Waals surface area contributed by atoms with E-state index in [0.717, 1.165) is 30.3 Å². The summed E-state index contributed by atoms with van der Waals surface area (Å²) >= 11 is 1.14. The fourth-order valence-electron chi connectivity index (χ4n) is 3.72. The van der Waals surface area contributed by atoms with Gasteiger partial charge in [-0.3, -0.25) is 9.59 Å². The van der Waals surface area contributed by atoms with Crippen LogP contribution in [-0.2, 0) is 9.59 Å². The second kappa shape index (κ2) is 7.91. The summed E-state index contributed by atoms with van der Waals surface area (Å²) in [4.78, 5) is 26.9. The minimum atomic E-state index is -0.931. The Bertz CT molecular complexity index is 893. The molecule has 0 radical (unpaired) electrons. The van der Waals surface area contributed by atoms with E-state index in [0.29, 0.717) is 23.8 Å². The van der Waals surface area contributed by atoms with Crippen molar-refractivity contribution in [3.63, 3.8) is 0 Å². The van der Waals surface area contributed by atoms with Gasteiger partial charge in [-0.25, -0.2) is 8.78 Å². The van der Waals surface area contributed by atoms with Gasteiger partial charge in [-0.1, -0.05) is 30.3 Å². The standard InChI is InChI=1S/C21H20F2N2O2S/c22-17-7-6-15(9-18(17)23)28-12-20(26)24-14-8-21(27)25(11-14)19-10-16(19)13-4-2-1-3-5-13/h1-7,9,14,16,19H,8,10-12H2,(H,24,26)/t14-,16+,19+/m1/s1. The van der Waals surface area contributed by atoms with Gasteiger partial charge in [0, 0.05) is 29.8 Å². The van der Waals surface area contributed by atoms with E-state index in [-0.39, 0.29) is 29.7 Å². The van der Waals surface area contributed by atoms with Crippen LogP contribution in [0.15, 0.2) is 53.4 Å². The van der Waals surface area contributed by atoms with Gasteiger partial charge in [0.15, 0.2) is 11.6 Å². The quantitative estimate of drug-likeness (QED) is 0.754. The van der Waals surface area contributed by atoms with E-state index in [1.165, 1.54) is 11.6 Å². The normalized spacial score (nSPS) is 23.7. The number of rotatable bonds is 6. The Hall–Kier alpha value is -2.41. The molecule has 2 aromatic carbocycles. The fraction of sp³-hybridized carbons (Fsp3) is 0.333. The molecule has 0 spiro atoms. The van der Waals surface area contributed by atoms with Gasteiger partial charge in [0.05, 0.1) is 11.8 Å². The number of nitrogens with one attached hydrogen (secondary N) is 1. The van der Waals surface area contributed by atoms with Crippen LogP contribution < -0.4 is 5.32 Å². The van der Waals surface area contributed by atoms with Crippen molar-refractivity contribution in [2.45, 2.75) is 35.7 Å². The average molecular weight is 402 g/mol. The summed E-state index contributed by atoms with van der Waals surface area (Å²) in [6, 6.07) is 13.7. The third-order valence-electron chi connectivity index (χ3n) is 5.17. The fourth-order valence-corrected chi connectivity index (χ4v) is 4.45. The van der Waals surface area contributed by atoms with Gasteiger partial charge in [0.1, 0.15) is 0 Å². The molecule has 2 amide bonds. The van der Waals surface area contributed by atoms with E-state index in [1.54, 1.807) is 0 Å². The number of thioether (sulfide) groups is 1. The Morgan fingerprint density at radius 2 is 1.93 bits per heavy atom. The average Bonchev–Trinajstić information content (AvgIpc) is 3.40. The summed E-state index contributed by atoms with van der Waals surface area (Å²) in [5.41, 5.74) is 1.25. The zero-order chi connectivity index (χ0) is 19.7. The van der Waals surface area contributed by atoms with Gasteiger partial charge in [0.2, 0.25) is 11.8 Å². The van der Waals surface area contributed by atoms with E-state index < -0.39 is 11.6 Å². The highest BCUT2D eigenvalue weighted by Crippen LogP contribution is 2.45. The number of likely N-dealkylation sites (tertiary alicyclic amines) is 1. The van der Waals surface area contributed by atoms with Crippen LogP contribution in [0.5, 0.6) is 0 Å². The van der Waals surface area contributed by atoms with Crippen LogP contribution in [0.3, 0.4) is 0 Å². The molecule has 146 valence electrons. The Kier molecular flexibility index (Phi) is 5.35. The zero-order valence-electron chi connectivity index (χ0n) is 15.1. The van der Waals surface area contributed by atoms with Crippen LogP contribution in [0.4, 0.5) is 8.78 Å². The first kappa shape index (κ1) is 18.9. The number of carbonyl (C=O) groups excluding carboxylic acids is 2. The molecule has 2 aliphatic rings. The lowest BCUT2D eigenvalue weighted by molar-refractivity contribution is -0.128. The van der Waals surface area contributed by atoms with E-state index in [1.807, 2.05) is 23.1 Å². The first-order valence-electron chi connectivity index (χ1n) is 9.23. The van der Waals surface area contributed by atoms with Gasteiger partial charge in [-0.05, 0) is 30.2 Å². The van der Waals surface area contributed by atoms with Crippen molar-refractivity contribution >= 4 is 23.6 Å². The molecule has 4 nitrogen and oxygen atoms in total. The van der Waals surface area contributed by atoms with E-state index in [2.05, 4.69) is 17.4 Å². The molecular formula is C21H20F2N2O2S. The second-order valence-electron chi connectivity index (χ2n) is 7.20. The number of nitrogens with zero attached hydrogens (tertiary/aromatic N) is 1. The summed E-state index contributed by atoms with van der Waals surface area (Å²) in [6.07, 6.45) is 1.27. The predicted octanol–water partition coefficient (Wildman–Crippen LogP) is 3.33. The number of hydrogen-bond acceptors (Lipinski definition) is 3. The number of benzene rings is 2. The molecule has 0 bridgehead atoms. The lowest BCUT2D eigenvalue weighted by atomic mass is 10.1. The Morgan fingerprint density at radius 3 is 2.68 bits per heavy atom. The maximum atomic E-state index is 13.2. The zero-order valence-corrected chi connectivity index (χ0v) is 15.9. The lowest BCUT2D eigenvalue weighted by Crippen LogP contribution is -2.38. The van der Waals surface area contributed by atoms with E-state index in [9.17, 15) is 18.4 Å². The van der Waals surface area contributed by atoms with Gasteiger partial charge in [0.25, 0.3) is 0 Å². The molecule has 2 fully saturated rings. The topological polar surface area (TPSA) is 49.4 Å². The van der Waals surface area contributed by atoms with Gasteiger partial charge in [-0.15, -0.1) is 11.8 Å². The Labute approximate surface area is 166 Å². The molecule has 1 saturated heterocycles. The lowest BCUT2D eigenvalue weighted by Gasteiger charge is -2.17. The van der Waals surface area contributed by atoms with Crippen molar-refractivity contribution in [3.8, 4) is 0 Å². The van der Waals surface area contributed by atoms with Crippen molar-refractivity contribution in [2.75, 3.05) is 12.3 Å². The molecule has 2 aromatic rings. The van der Waals surface area contributed by atoms with Crippen LogP contribution in [0.1, 0.15) is 24.3 Å². The second-order valence-corrected chi connectivity index (χ2v) is 8.25. The van der Waals surface area contributed by atoms with Crippen LogP contribution >= 0.6 is 11.8 Å². The van der Waals surface area contributed by atoms with Crippen molar-refractivity contribution in [1.82, 2.24) is 10.2 Å². The van der Waals surface area contributed by atoms with Crippen molar-refractivity contribution < 1.29 is 18.4 Å². The molecule has 3 atom stereocenters. The number of amides is 2. The molecule has 0 aromatic heterocycles. The maximum absolute atomic E-state index is 13.2. The summed E-state index contributed by atoms with van der Waals surface area (Å²) in [5, 5.41) is 2.88. The number of halogens is 2. The largest absolute Gasteiger partial charge is 0.350 e. The molecule has 0 unspecified atom stereocenters. The van der Waals surface area contributed by atoms with Crippen molar-refractivity contribution in [3.05, 3.63) is 65.7 Å². The summed E-state index contributed by atoms with van der Waals surface area (Å²) in [7, 11) is 0. The smallest absolute Gasteiger partial charge is 0.230 e. The van der Waals surface area contributed by atoms with Gasteiger partial charge < -0.3 is 10.2 Å². The Morgan fingerprint density at radius 1 is 1.14 bits per heavy atom. The van der Waals surface area contributed by atoms with E-state index >= 15 is 0 Å². The highest BCUT2D eigenvalue weighted by molar-refractivity contribution is 8.00.